The molecule has 82 valence electrons. The maximum absolute atomic E-state index is 10.5. The van der Waals surface area contributed by atoms with Crippen molar-refractivity contribution in [1.82, 2.24) is 0 Å². The van der Waals surface area contributed by atoms with Crippen molar-refractivity contribution in [3.63, 3.8) is 0 Å². The van der Waals surface area contributed by atoms with Crippen molar-refractivity contribution < 1.29 is 19.6 Å². The maximum atomic E-state index is 10.5. The van der Waals surface area contributed by atoms with Gasteiger partial charge >= 0.3 is 0 Å². The van der Waals surface area contributed by atoms with Crippen LogP contribution < -0.4 is 0 Å². The van der Waals surface area contributed by atoms with Crippen molar-refractivity contribution in [3.05, 3.63) is 0 Å². The zero-order chi connectivity index (χ0) is 10.1. The summed E-state index contributed by atoms with van der Waals surface area (Å²) in [6.07, 6.45) is 7.77. The van der Waals surface area contributed by atoms with Crippen LogP contribution in [0.4, 0.5) is 0 Å². The summed E-state index contributed by atoms with van der Waals surface area (Å²) in [5, 5.41) is 4.48. The molecular formula is C10H18O4. The van der Waals surface area contributed by atoms with Crippen LogP contribution in [-0.4, -0.2) is 19.0 Å². The quantitative estimate of drug-likeness (QED) is 0.483. The first-order valence-corrected chi connectivity index (χ1v) is 5.33. The predicted molar refractivity (Wildman–Crippen MR) is 50.3 cm³/mol. The molecule has 1 heterocycles. The third-order valence-electron chi connectivity index (χ3n) is 2.33. The molecule has 4 nitrogen and oxygen atoms in total. The van der Waals surface area contributed by atoms with E-state index in [1.807, 2.05) is 0 Å². The molecule has 14 heavy (non-hydrogen) atoms. The first kappa shape index (κ1) is 11.6. The van der Waals surface area contributed by atoms with Gasteiger partial charge in [0.1, 0.15) is 0 Å². The Bertz CT molecular complexity index is 137. The standard InChI is InChI=1S/C10H18O4/c11-9-10-7-5-3-1-2-4-6-8-12-14-13-10/h9-10H,1-8H2. The molecule has 0 aromatic heterocycles. The van der Waals surface area contributed by atoms with Gasteiger partial charge in [-0.25, -0.2) is 4.89 Å². The number of hydrogen-bond acceptors (Lipinski definition) is 4. The SMILES string of the molecule is O=CC1CCCCCCCCOOO1. The van der Waals surface area contributed by atoms with E-state index >= 15 is 0 Å². The Morgan fingerprint density at radius 1 is 1.00 bits per heavy atom. The van der Waals surface area contributed by atoms with Crippen LogP contribution in [0.1, 0.15) is 44.9 Å². The fourth-order valence-electron chi connectivity index (χ4n) is 1.46. The fourth-order valence-corrected chi connectivity index (χ4v) is 1.46. The van der Waals surface area contributed by atoms with Crippen LogP contribution in [0.2, 0.25) is 0 Å². The highest BCUT2D eigenvalue weighted by atomic mass is 17.5. The van der Waals surface area contributed by atoms with E-state index in [9.17, 15) is 4.79 Å². The molecule has 0 radical (unpaired) electrons. The van der Waals surface area contributed by atoms with Crippen molar-refractivity contribution >= 4 is 6.29 Å². The lowest BCUT2D eigenvalue weighted by Crippen LogP contribution is -2.15. The van der Waals surface area contributed by atoms with E-state index in [0.717, 1.165) is 25.5 Å². The molecule has 0 amide bonds. The van der Waals surface area contributed by atoms with Crippen molar-refractivity contribution in [2.24, 2.45) is 0 Å². The van der Waals surface area contributed by atoms with Gasteiger partial charge in [0.2, 0.25) is 0 Å². The minimum absolute atomic E-state index is 0.477. The third-order valence-corrected chi connectivity index (χ3v) is 2.33. The van der Waals surface area contributed by atoms with Crippen molar-refractivity contribution in [2.45, 2.75) is 51.0 Å². The third kappa shape index (κ3) is 5.32. The maximum Gasteiger partial charge on any atom is 0.152 e. The number of carbonyl (C=O) groups is 1. The predicted octanol–water partition coefficient (Wildman–Crippen LogP) is 2.18. The average Bonchev–Trinajstić information content (AvgIpc) is 2.19. The van der Waals surface area contributed by atoms with Crippen molar-refractivity contribution in [2.75, 3.05) is 6.61 Å². The highest BCUT2D eigenvalue weighted by Gasteiger charge is 2.09. The Labute approximate surface area is 84.4 Å². The zero-order valence-corrected chi connectivity index (χ0v) is 8.44. The Hall–Kier alpha value is -0.450. The molecule has 0 aliphatic carbocycles. The summed E-state index contributed by atoms with van der Waals surface area (Å²) in [5.41, 5.74) is 0. The van der Waals surface area contributed by atoms with Crippen molar-refractivity contribution in [1.29, 1.82) is 0 Å². The lowest BCUT2D eigenvalue weighted by molar-refractivity contribution is -0.521. The van der Waals surface area contributed by atoms with Gasteiger partial charge < -0.3 is 4.79 Å². The Kier molecular flexibility index (Phi) is 6.57. The number of rotatable bonds is 1. The van der Waals surface area contributed by atoms with Gasteiger partial charge in [0, 0.05) is 0 Å². The van der Waals surface area contributed by atoms with Crippen molar-refractivity contribution in [3.8, 4) is 0 Å². The van der Waals surface area contributed by atoms with E-state index in [-0.39, 0.29) is 0 Å². The Morgan fingerprint density at radius 3 is 2.50 bits per heavy atom. The first-order valence-electron chi connectivity index (χ1n) is 5.33. The smallest absolute Gasteiger partial charge is 0.152 e. The van der Waals surface area contributed by atoms with Gasteiger partial charge in [0.05, 0.1) is 6.61 Å². The summed E-state index contributed by atoms with van der Waals surface area (Å²) in [6.45, 7) is 0.533. The van der Waals surface area contributed by atoms with Crippen LogP contribution >= 0.6 is 0 Å². The lowest BCUT2D eigenvalue weighted by atomic mass is 10.1. The van der Waals surface area contributed by atoms with Gasteiger partial charge in [0.15, 0.2) is 12.4 Å². The van der Waals surface area contributed by atoms with E-state index in [1.54, 1.807) is 0 Å². The summed E-state index contributed by atoms with van der Waals surface area (Å²) < 4.78 is 0. The summed E-state index contributed by atoms with van der Waals surface area (Å²) in [7, 11) is 0. The molecule has 1 rings (SSSR count). The monoisotopic (exact) mass is 202 g/mol. The van der Waals surface area contributed by atoms with E-state index in [1.165, 1.54) is 19.3 Å². The number of aldehydes is 1. The minimum Gasteiger partial charge on any atom is -0.300 e. The normalized spacial score (nSPS) is 27.3. The molecule has 0 N–H and O–H groups in total. The van der Waals surface area contributed by atoms with Gasteiger partial charge in [-0.1, -0.05) is 37.1 Å². The molecule has 0 aromatic rings. The molecule has 1 unspecified atom stereocenters. The molecule has 4 heteroatoms. The lowest BCUT2D eigenvalue weighted by Gasteiger charge is -2.11. The summed E-state index contributed by atoms with van der Waals surface area (Å²) in [5.74, 6) is 0. The Morgan fingerprint density at radius 2 is 1.71 bits per heavy atom. The molecule has 1 fully saturated rings. The van der Waals surface area contributed by atoms with E-state index in [4.69, 9.17) is 9.78 Å². The summed E-state index contributed by atoms with van der Waals surface area (Å²) >= 11 is 0. The second-order valence-corrected chi connectivity index (χ2v) is 3.57. The van der Waals surface area contributed by atoms with E-state index in [0.29, 0.717) is 13.0 Å². The molecule has 1 aliphatic heterocycles. The fraction of sp³-hybridized carbons (Fsp3) is 0.900. The van der Waals surface area contributed by atoms with Gasteiger partial charge in [-0.3, -0.25) is 0 Å². The topological polar surface area (TPSA) is 44.8 Å². The molecular weight excluding hydrogens is 184 g/mol. The second kappa shape index (κ2) is 7.91. The summed E-state index contributed by atoms with van der Waals surface area (Å²) in [4.78, 5) is 20.0. The van der Waals surface area contributed by atoms with Crippen LogP contribution in [0.25, 0.3) is 0 Å². The van der Waals surface area contributed by atoms with Gasteiger partial charge in [-0.05, 0) is 12.8 Å². The number of hydrogen-bond donors (Lipinski definition) is 0. The van der Waals surface area contributed by atoms with Crippen LogP contribution in [0.3, 0.4) is 0 Å². The molecule has 0 aromatic carbocycles. The number of carbonyl (C=O) groups excluding carboxylic acids is 1. The molecule has 1 saturated heterocycles. The van der Waals surface area contributed by atoms with E-state index in [2.05, 4.69) is 5.04 Å². The average molecular weight is 202 g/mol. The second-order valence-electron chi connectivity index (χ2n) is 3.57. The molecule has 0 saturated carbocycles. The molecule has 1 atom stereocenters. The van der Waals surface area contributed by atoms with Crippen LogP contribution in [-0.2, 0) is 19.6 Å². The Balaban J connectivity index is 2.20. The van der Waals surface area contributed by atoms with Gasteiger partial charge in [-0.15, -0.1) is 0 Å². The van der Waals surface area contributed by atoms with Gasteiger partial charge in [-0.2, -0.15) is 4.89 Å². The first-order chi connectivity index (χ1) is 6.93. The highest BCUT2D eigenvalue weighted by Crippen LogP contribution is 2.11. The van der Waals surface area contributed by atoms with Crippen LogP contribution in [0.5, 0.6) is 0 Å². The molecule has 0 bridgehead atoms. The minimum atomic E-state index is -0.477. The van der Waals surface area contributed by atoms with E-state index < -0.39 is 6.10 Å². The highest BCUT2D eigenvalue weighted by molar-refractivity contribution is 5.55. The summed E-state index contributed by atoms with van der Waals surface area (Å²) in [6, 6.07) is 0. The zero-order valence-electron chi connectivity index (χ0n) is 8.44. The molecule has 1 aliphatic rings. The van der Waals surface area contributed by atoms with Gasteiger partial charge in [0.25, 0.3) is 0 Å². The van der Waals surface area contributed by atoms with Crippen LogP contribution in [0.15, 0.2) is 0 Å². The van der Waals surface area contributed by atoms with Crippen LogP contribution in [0, 0.1) is 0 Å². The largest absolute Gasteiger partial charge is 0.300 e. The molecule has 0 spiro atoms.